The van der Waals surface area contributed by atoms with Crippen molar-refractivity contribution in [2.75, 3.05) is 0 Å². The van der Waals surface area contributed by atoms with Gasteiger partial charge in [0.2, 0.25) is 0 Å². The monoisotopic (exact) mass is 177 g/mol. The molecule has 2 heteroatoms. The molecule has 0 bridgehead atoms. The maximum Gasteiger partial charge on any atom is 0.120 e. The molecule has 13 heavy (non-hydrogen) atoms. The molecule has 1 aliphatic rings. The van der Waals surface area contributed by atoms with E-state index in [2.05, 4.69) is 12.2 Å². The standard InChI is InChI=1S/C11H15NO/c1-8-6-10(8)12-7-9-4-2-3-5-11(9)13/h2-5,8,10,12-13H,6-7H2,1H3. The normalized spacial score (nSPS) is 25.9. The average molecular weight is 177 g/mol. The maximum atomic E-state index is 9.47. The summed E-state index contributed by atoms with van der Waals surface area (Å²) in [4.78, 5) is 0. The van der Waals surface area contributed by atoms with Crippen LogP contribution in [0.2, 0.25) is 0 Å². The van der Waals surface area contributed by atoms with Crippen molar-refractivity contribution in [2.45, 2.75) is 25.9 Å². The van der Waals surface area contributed by atoms with Crippen LogP contribution in [-0.4, -0.2) is 11.1 Å². The molecule has 2 N–H and O–H groups in total. The van der Waals surface area contributed by atoms with Crippen molar-refractivity contribution in [1.29, 1.82) is 0 Å². The number of hydrogen-bond acceptors (Lipinski definition) is 2. The molecule has 1 saturated carbocycles. The van der Waals surface area contributed by atoms with E-state index in [1.165, 1.54) is 6.42 Å². The largest absolute Gasteiger partial charge is 0.508 e. The van der Waals surface area contributed by atoms with E-state index in [0.29, 0.717) is 11.8 Å². The lowest BCUT2D eigenvalue weighted by Crippen LogP contribution is -2.16. The molecular weight excluding hydrogens is 162 g/mol. The number of benzene rings is 1. The van der Waals surface area contributed by atoms with Gasteiger partial charge in [0.15, 0.2) is 0 Å². The van der Waals surface area contributed by atoms with E-state index < -0.39 is 0 Å². The van der Waals surface area contributed by atoms with Crippen LogP contribution in [0.5, 0.6) is 5.75 Å². The van der Waals surface area contributed by atoms with E-state index in [-0.39, 0.29) is 0 Å². The third kappa shape index (κ3) is 2.01. The van der Waals surface area contributed by atoms with Crippen molar-refractivity contribution in [3.63, 3.8) is 0 Å². The molecule has 1 fully saturated rings. The SMILES string of the molecule is CC1CC1NCc1ccccc1O. The van der Waals surface area contributed by atoms with Gasteiger partial charge in [-0.1, -0.05) is 25.1 Å². The number of hydrogen-bond donors (Lipinski definition) is 2. The molecule has 0 heterocycles. The molecule has 2 rings (SSSR count). The maximum absolute atomic E-state index is 9.47. The number of phenols is 1. The zero-order valence-electron chi connectivity index (χ0n) is 7.83. The Labute approximate surface area is 78.6 Å². The number of para-hydroxylation sites is 1. The molecule has 0 spiro atoms. The lowest BCUT2D eigenvalue weighted by atomic mass is 10.2. The highest BCUT2D eigenvalue weighted by Crippen LogP contribution is 2.29. The highest BCUT2D eigenvalue weighted by Gasteiger charge is 2.31. The first-order chi connectivity index (χ1) is 6.27. The van der Waals surface area contributed by atoms with Crippen LogP contribution in [0.3, 0.4) is 0 Å². The van der Waals surface area contributed by atoms with Crippen LogP contribution < -0.4 is 5.32 Å². The number of phenolic OH excluding ortho intramolecular Hbond substituents is 1. The zero-order valence-corrected chi connectivity index (χ0v) is 7.83. The molecule has 0 amide bonds. The van der Waals surface area contributed by atoms with Crippen molar-refractivity contribution >= 4 is 0 Å². The van der Waals surface area contributed by atoms with E-state index in [9.17, 15) is 5.11 Å². The van der Waals surface area contributed by atoms with Crippen LogP contribution in [0.1, 0.15) is 18.9 Å². The number of rotatable bonds is 3. The third-order valence-electron chi connectivity index (χ3n) is 2.66. The Morgan fingerprint density at radius 1 is 1.46 bits per heavy atom. The first-order valence-electron chi connectivity index (χ1n) is 4.77. The van der Waals surface area contributed by atoms with Crippen molar-refractivity contribution < 1.29 is 5.11 Å². The molecule has 0 saturated heterocycles. The van der Waals surface area contributed by atoms with Crippen LogP contribution in [-0.2, 0) is 6.54 Å². The molecule has 0 radical (unpaired) electrons. The van der Waals surface area contributed by atoms with Crippen LogP contribution in [0.25, 0.3) is 0 Å². The van der Waals surface area contributed by atoms with E-state index in [1.807, 2.05) is 18.2 Å². The van der Waals surface area contributed by atoms with Gasteiger partial charge in [0, 0.05) is 18.2 Å². The molecule has 0 aromatic heterocycles. The Hall–Kier alpha value is -1.02. The van der Waals surface area contributed by atoms with Gasteiger partial charge in [-0.25, -0.2) is 0 Å². The fourth-order valence-corrected chi connectivity index (χ4v) is 1.51. The van der Waals surface area contributed by atoms with Gasteiger partial charge in [-0.3, -0.25) is 0 Å². The van der Waals surface area contributed by atoms with Gasteiger partial charge in [0.05, 0.1) is 0 Å². The van der Waals surface area contributed by atoms with E-state index >= 15 is 0 Å². The molecule has 2 atom stereocenters. The molecule has 1 aromatic carbocycles. The smallest absolute Gasteiger partial charge is 0.120 e. The predicted octanol–water partition coefficient (Wildman–Crippen LogP) is 1.89. The van der Waals surface area contributed by atoms with Crippen molar-refractivity contribution in [3.8, 4) is 5.75 Å². The summed E-state index contributed by atoms with van der Waals surface area (Å²) in [6.45, 7) is 3.02. The molecule has 1 aromatic rings. The summed E-state index contributed by atoms with van der Waals surface area (Å²) in [7, 11) is 0. The van der Waals surface area contributed by atoms with Crippen LogP contribution in [0, 0.1) is 5.92 Å². The van der Waals surface area contributed by atoms with Gasteiger partial charge in [0.25, 0.3) is 0 Å². The quantitative estimate of drug-likeness (QED) is 0.739. The Bertz CT molecular complexity index is 298. The van der Waals surface area contributed by atoms with Gasteiger partial charge in [-0.2, -0.15) is 0 Å². The molecule has 1 aliphatic carbocycles. The molecule has 0 aliphatic heterocycles. The first-order valence-corrected chi connectivity index (χ1v) is 4.77. The summed E-state index contributed by atoms with van der Waals surface area (Å²) < 4.78 is 0. The van der Waals surface area contributed by atoms with Gasteiger partial charge < -0.3 is 10.4 Å². The lowest BCUT2D eigenvalue weighted by Gasteiger charge is -2.05. The minimum atomic E-state index is 0.392. The van der Waals surface area contributed by atoms with Gasteiger partial charge in [0.1, 0.15) is 5.75 Å². The van der Waals surface area contributed by atoms with Gasteiger partial charge >= 0.3 is 0 Å². The fourth-order valence-electron chi connectivity index (χ4n) is 1.51. The minimum absolute atomic E-state index is 0.392. The summed E-state index contributed by atoms with van der Waals surface area (Å²) in [6, 6.07) is 8.15. The number of nitrogens with one attached hydrogen (secondary N) is 1. The van der Waals surface area contributed by atoms with Crippen molar-refractivity contribution in [1.82, 2.24) is 5.32 Å². The first kappa shape index (κ1) is 8.57. The van der Waals surface area contributed by atoms with Crippen LogP contribution >= 0.6 is 0 Å². The van der Waals surface area contributed by atoms with Crippen LogP contribution in [0.4, 0.5) is 0 Å². The Morgan fingerprint density at radius 2 is 2.15 bits per heavy atom. The van der Waals surface area contributed by atoms with Crippen LogP contribution in [0.15, 0.2) is 24.3 Å². The Kier molecular flexibility index (Phi) is 2.23. The summed E-state index contributed by atoms with van der Waals surface area (Å²) in [5.41, 5.74) is 0.988. The van der Waals surface area contributed by atoms with Gasteiger partial charge in [-0.15, -0.1) is 0 Å². The molecule has 2 unspecified atom stereocenters. The Morgan fingerprint density at radius 3 is 2.77 bits per heavy atom. The van der Waals surface area contributed by atoms with Crippen molar-refractivity contribution in [2.24, 2.45) is 5.92 Å². The van der Waals surface area contributed by atoms with Crippen molar-refractivity contribution in [3.05, 3.63) is 29.8 Å². The average Bonchev–Trinajstić information content (AvgIpc) is 2.81. The zero-order chi connectivity index (χ0) is 9.26. The highest BCUT2D eigenvalue weighted by molar-refractivity contribution is 5.31. The molecular formula is C11H15NO. The second-order valence-electron chi connectivity index (χ2n) is 3.83. The minimum Gasteiger partial charge on any atom is -0.508 e. The van der Waals surface area contributed by atoms with E-state index in [1.54, 1.807) is 6.07 Å². The lowest BCUT2D eigenvalue weighted by molar-refractivity contribution is 0.463. The number of aromatic hydroxyl groups is 1. The molecule has 2 nitrogen and oxygen atoms in total. The topological polar surface area (TPSA) is 32.3 Å². The highest BCUT2D eigenvalue weighted by atomic mass is 16.3. The third-order valence-corrected chi connectivity index (χ3v) is 2.66. The second-order valence-corrected chi connectivity index (χ2v) is 3.83. The fraction of sp³-hybridized carbons (Fsp3) is 0.455. The summed E-state index contributed by atoms with van der Waals surface area (Å²) in [6.07, 6.45) is 1.27. The molecule has 70 valence electrons. The van der Waals surface area contributed by atoms with Gasteiger partial charge in [-0.05, 0) is 18.4 Å². The summed E-state index contributed by atoms with van der Waals surface area (Å²) in [5.74, 6) is 1.20. The Balaban J connectivity index is 1.90. The van der Waals surface area contributed by atoms with E-state index in [4.69, 9.17) is 0 Å². The summed E-state index contributed by atoms with van der Waals surface area (Å²) in [5, 5.41) is 12.9. The predicted molar refractivity (Wildman–Crippen MR) is 52.5 cm³/mol. The second kappa shape index (κ2) is 3.38. The van der Waals surface area contributed by atoms with E-state index in [0.717, 1.165) is 18.0 Å². The summed E-state index contributed by atoms with van der Waals surface area (Å²) >= 11 is 0.